The Morgan fingerprint density at radius 2 is 2.24 bits per heavy atom. The summed E-state index contributed by atoms with van der Waals surface area (Å²) in [5.74, 6) is -0.463. The lowest BCUT2D eigenvalue weighted by molar-refractivity contribution is -0.145. The first-order chi connectivity index (χ1) is 10.0. The van der Waals surface area contributed by atoms with E-state index < -0.39 is 0 Å². The van der Waals surface area contributed by atoms with Crippen molar-refractivity contribution in [3.8, 4) is 0 Å². The third kappa shape index (κ3) is 3.72. The van der Waals surface area contributed by atoms with Crippen LogP contribution in [0.1, 0.15) is 36.3 Å². The molecule has 0 saturated heterocycles. The van der Waals surface area contributed by atoms with Gasteiger partial charge in [-0.15, -0.1) is 11.3 Å². The zero-order valence-corrected chi connectivity index (χ0v) is 13.5. The molecule has 21 heavy (non-hydrogen) atoms. The summed E-state index contributed by atoms with van der Waals surface area (Å²) in [6.07, 6.45) is 2.69. The Kier molecular flexibility index (Phi) is 5.17. The monoisotopic (exact) mass is 311 g/mol. The van der Waals surface area contributed by atoms with E-state index in [1.54, 1.807) is 14.1 Å². The number of nitrogens with one attached hydrogen (secondary N) is 1. The fraction of sp³-hybridized carbons (Fsp3) is 0.643. The molecular weight excluding hydrogens is 290 g/mol. The number of nitrogens with zero attached hydrogens (tertiary/aromatic N) is 2. The summed E-state index contributed by atoms with van der Waals surface area (Å²) < 4.78 is 5.12. The lowest BCUT2D eigenvalue weighted by Crippen LogP contribution is -2.28. The van der Waals surface area contributed by atoms with Crippen LogP contribution in [0.25, 0.3) is 0 Å². The van der Waals surface area contributed by atoms with E-state index in [1.807, 2.05) is 6.92 Å². The van der Waals surface area contributed by atoms with Crippen molar-refractivity contribution in [1.82, 2.24) is 9.88 Å². The van der Waals surface area contributed by atoms with Gasteiger partial charge >= 0.3 is 5.97 Å². The van der Waals surface area contributed by atoms with Crippen LogP contribution in [0, 0.1) is 0 Å². The maximum Gasteiger partial charge on any atom is 0.315 e. The lowest BCUT2D eigenvalue weighted by Gasteiger charge is -2.19. The second kappa shape index (κ2) is 6.89. The van der Waals surface area contributed by atoms with Gasteiger partial charge in [-0.2, -0.15) is 0 Å². The zero-order chi connectivity index (χ0) is 15.4. The molecule has 1 N–H and O–H groups in total. The van der Waals surface area contributed by atoms with Crippen molar-refractivity contribution in [1.29, 1.82) is 0 Å². The standard InChI is InChI=1S/C14H21N3O3S/c1-4-20-13(19)9-6-5-7-10-12(9)16-14(21-10)15-8-11(18)17(2)3/h9H,4-8H2,1-3H3,(H,15,16). The Morgan fingerprint density at radius 1 is 1.48 bits per heavy atom. The molecule has 1 amide bonds. The average Bonchev–Trinajstić information content (AvgIpc) is 2.87. The van der Waals surface area contributed by atoms with E-state index in [0.717, 1.165) is 29.8 Å². The third-order valence-electron chi connectivity index (χ3n) is 3.42. The van der Waals surface area contributed by atoms with Crippen molar-refractivity contribution in [3.63, 3.8) is 0 Å². The van der Waals surface area contributed by atoms with Gasteiger partial charge in [-0.05, 0) is 26.2 Å². The number of ether oxygens (including phenoxy) is 1. The highest BCUT2D eigenvalue weighted by atomic mass is 32.1. The van der Waals surface area contributed by atoms with E-state index in [4.69, 9.17) is 4.74 Å². The van der Waals surface area contributed by atoms with Gasteiger partial charge in [-0.25, -0.2) is 4.98 Å². The van der Waals surface area contributed by atoms with Crippen molar-refractivity contribution < 1.29 is 14.3 Å². The first-order valence-electron chi connectivity index (χ1n) is 7.13. The van der Waals surface area contributed by atoms with E-state index in [2.05, 4.69) is 10.3 Å². The number of amides is 1. The minimum Gasteiger partial charge on any atom is -0.465 e. The van der Waals surface area contributed by atoms with Crippen LogP contribution in [-0.2, 0) is 20.7 Å². The summed E-state index contributed by atoms with van der Waals surface area (Å²) in [5, 5.41) is 3.74. The molecule has 1 heterocycles. The smallest absolute Gasteiger partial charge is 0.315 e. The number of rotatable bonds is 5. The zero-order valence-electron chi connectivity index (χ0n) is 12.6. The van der Waals surface area contributed by atoms with E-state index in [0.29, 0.717) is 11.7 Å². The molecular formula is C14H21N3O3S. The molecule has 1 aromatic heterocycles. The molecule has 0 aromatic carbocycles. The number of carbonyl (C=O) groups is 2. The van der Waals surface area contributed by atoms with E-state index in [9.17, 15) is 9.59 Å². The molecule has 1 aliphatic carbocycles. The number of esters is 1. The molecule has 2 rings (SSSR count). The normalized spacial score (nSPS) is 17.0. The summed E-state index contributed by atoms with van der Waals surface area (Å²) in [7, 11) is 3.43. The van der Waals surface area contributed by atoms with Crippen molar-refractivity contribution >= 4 is 28.3 Å². The van der Waals surface area contributed by atoms with Crippen LogP contribution in [0.2, 0.25) is 0 Å². The van der Waals surface area contributed by atoms with Crippen LogP contribution in [-0.4, -0.2) is 49.0 Å². The van der Waals surface area contributed by atoms with Gasteiger partial charge in [0, 0.05) is 19.0 Å². The molecule has 0 fully saturated rings. The van der Waals surface area contributed by atoms with Crippen molar-refractivity contribution in [2.75, 3.05) is 32.6 Å². The number of hydrogen-bond acceptors (Lipinski definition) is 6. The summed E-state index contributed by atoms with van der Waals surface area (Å²) in [4.78, 5) is 30.7. The van der Waals surface area contributed by atoms with E-state index in [-0.39, 0.29) is 24.3 Å². The highest BCUT2D eigenvalue weighted by Gasteiger charge is 2.31. The van der Waals surface area contributed by atoms with E-state index >= 15 is 0 Å². The predicted molar refractivity (Wildman–Crippen MR) is 81.6 cm³/mol. The fourth-order valence-electron chi connectivity index (χ4n) is 2.28. The van der Waals surface area contributed by atoms with Crippen LogP contribution in [0.3, 0.4) is 0 Å². The summed E-state index contributed by atoms with van der Waals surface area (Å²) in [5.41, 5.74) is 0.824. The molecule has 6 nitrogen and oxygen atoms in total. The Hall–Kier alpha value is -1.63. The van der Waals surface area contributed by atoms with Gasteiger partial charge in [0.25, 0.3) is 0 Å². The molecule has 1 aliphatic rings. The quantitative estimate of drug-likeness (QED) is 0.837. The van der Waals surface area contributed by atoms with Gasteiger partial charge in [-0.1, -0.05) is 0 Å². The minimum atomic E-state index is -0.259. The third-order valence-corrected chi connectivity index (χ3v) is 4.50. The minimum absolute atomic E-state index is 0.00915. The van der Waals surface area contributed by atoms with Gasteiger partial charge in [0.15, 0.2) is 5.13 Å². The molecule has 0 radical (unpaired) electrons. The number of anilines is 1. The van der Waals surface area contributed by atoms with Crippen molar-refractivity contribution in [3.05, 3.63) is 10.6 Å². The second-order valence-electron chi connectivity index (χ2n) is 5.17. The van der Waals surface area contributed by atoms with Crippen LogP contribution < -0.4 is 5.32 Å². The Labute approximate surface area is 128 Å². The second-order valence-corrected chi connectivity index (χ2v) is 6.25. The molecule has 1 atom stereocenters. The van der Waals surface area contributed by atoms with Gasteiger partial charge in [0.05, 0.1) is 18.8 Å². The van der Waals surface area contributed by atoms with Gasteiger partial charge in [-0.3, -0.25) is 9.59 Å². The molecule has 0 saturated carbocycles. The molecule has 1 unspecified atom stereocenters. The van der Waals surface area contributed by atoms with Crippen LogP contribution in [0.4, 0.5) is 5.13 Å². The Bertz CT molecular complexity index is 528. The number of thiazole rings is 1. The Balaban J connectivity index is 2.08. The van der Waals surface area contributed by atoms with Gasteiger partial charge < -0.3 is 15.0 Å². The highest BCUT2D eigenvalue weighted by Crippen LogP contribution is 2.37. The highest BCUT2D eigenvalue weighted by molar-refractivity contribution is 7.15. The van der Waals surface area contributed by atoms with Gasteiger partial charge in [0.1, 0.15) is 5.92 Å². The number of hydrogen-bond donors (Lipinski definition) is 1. The largest absolute Gasteiger partial charge is 0.465 e. The fourth-order valence-corrected chi connectivity index (χ4v) is 3.34. The molecule has 116 valence electrons. The molecule has 0 bridgehead atoms. The topological polar surface area (TPSA) is 71.5 Å². The Morgan fingerprint density at radius 3 is 2.90 bits per heavy atom. The maximum atomic E-state index is 12.0. The maximum absolute atomic E-state index is 12.0. The first kappa shape index (κ1) is 15.8. The molecule has 7 heteroatoms. The molecule has 0 spiro atoms. The number of aryl methyl sites for hydroxylation is 1. The summed E-state index contributed by atoms with van der Waals surface area (Å²) in [6.45, 7) is 2.41. The van der Waals surface area contributed by atoms with Crippen molar-refractivity contribution in [2.45, 2.75) is 32.1 Å². The van der Waals surface area contributed by atoms with Crippen LogP contribution in [0.15, 0.2) is 0 Å². The van der Waals surface area contributed by atoms with Crippen molar-refractivity contribution in [2.24, 2.45) is 0 Å². The predicted octanol–water partition coefficient (Wildman–Crippen LogP) is 1.63. The number of fused-ring (bicyclic) bond motifs is 1. The van der Waals surface area contributed by atoms with E-state index in [1.165, 1.54) is 16.2 Å². The first-order valence-corrected chi connectivity index (χ1v) is 7.94. The SMILES string of the molecule is CCOC(=O)C1CCCc2sc(NCC(=O)N(C)C)nc21. The van der Waals surface area contributed by atoms with Crippen LogP contribution >= 0.6 is 11.3 Å². The number of carbonyl (C=O) groups excluding carboxylic acids is 2. The number of aromatic nitrogens is 1. The summed E-state index contributed by atoms with van der Waals surface area (Å²) in [6, 6.07) is 0. The van der Waals surface area contributed by atoms with Gasteiger partial charge in [0.2, 0.25) is 5.91 Å². The number of likely N-dealkylation sites (N-methyl/N-ethyl adjacent to an activating group) is 1. The molecule has 0 aliphatic heterocycles. The summed E-state index contributed by atoms with van der Waals surface area (Å²) >= 11 is 1.53. The van der Waals surface area contributed by atoms with Crippen LogP contribution in [0.5, 0.6) is 0 Å². The molecule has 1 aromatic rings. The lowest BCUT2D eigenvalue weighted by atomic mass is 9.91. The average molecular weight is 311 g/mol.